The second kappa shape index (κ2) is 6.17. The van der Waals surface area contributed by atoms with Crippen LogP contribution in [0.1, 0.15) is 33.1 Å². The van der Waals surface area contributed by atoms with Gasteiger partial charge in [-0.05, 0) is 38.1 Å². The molecule has 1 aliphatic carbocycles. The fourth-order valence-electron chi connectivity index (χ4n) is 3.50. The molecule has 2 rings (SSSR count). The Morgan fingerprint density at radius 2 is 2.12 bits per heavy atom. The van der Waals surface area contributed by atoms with Gasteiger partial charge in [0, 0.05) is 25.7 Å². The van der Waals surface area contributed by atoms with Crippen LogP contribution in [0.25, 0.3) is 0 Å². The molecular weight excluding hydrogens is 212 g/mol. The van der Waals surface area contributed by atoms with Crippen LogP contribution in [-0.2, 0) is 4.74 Å². The number of morpholine rings is 1. The van der Waals surface area contributed by atoms with Crippen LogP contribution in [0, 0.1) is 11.8 Å². The van der Waals surface area contributed by atoms with E-state index in [2.05, 4.69) is 31.1 Å². The van der Waals surface area contributed by atoms with Gasteiger partial charge in [0.2, 0.25) is 0 Å². The van der Waals surface area contributed by atoms with E-state index in [0.717, 1.165) is 44.1 Å². The van der Waals surface area contributed by atoms with Crippen molar-refractivity contribution in [1.29, 1.82) is 0 Å². The predicted octanol–water partition coefficient (Wildman–Crippen LogP) is 1.73. The number of nitrogens with zero attached hydrogens (tertiary/aromatic N) is 1. The van der Waals surface area contributed by atoms with Gasteiger partial charge in [0.05, 0.1) is 12.7 Å². The Morgan fingerprint density at radius 3 is 2.76 bits per heavy atom. The Hall–Kier alpha value is -0.120. The van der Waals surface area contributed by atoms with Gasteiger partial charge in [-0.2, -0.15) is 0 Å². The molecule has 0 amide bonds. The van der Waals surface area contributed by atoms with Crippen LogP contribution in [0.4, 0.5) is 0 Å². The lowest BCUT2D eigenvalue weighted by Gasteiger charge is -2.40. The van der Waals surface area contributed by atoms with Crippen molar-refractivity contribution in [2.75, 3.05) is 33.3 Å². The summed E-state index contributed by atoms with van der Waals surface area (Å²) in [5.74, 6) is 1.75. The smallest absolute Gasteiger partial charge is 0.0826 e. The third-order valence-electron chi connectivity index (χ3n) is 4.45. The van der Waals surface area contributed by atoms with Crippen LogP contribution in [0.3, 0.4) is 0 Å². The fraction of sp³-hybridized carbons (Fsp3) is 1.00. The zero-order valence-electron chi connectivity index (χ0n) is 11.6. The summed E-state index contributed by atoms with van der Waals surface area (Å²) >= 11 is 0. The summed E-state index contributed by atoms with van der Waals surface area (Å²) in [4.78, 5) is 2.54. The minimum atomic E-state index is 0.389. The summed E-state index contributed by atoms with van der Waals surface area (Å²) < 4.78 is 5.79. The van der Waals surface area contributed by atoms with Gasteiger partial charge in [-0.3, -0.25) is 0 Å². The quantitative estimate of drug-likeness (QED) is 0.813. The maximum atomic E-state index is 5.79. The molecule has 0 aromatic heterocycles. The average molecular weight is 240 g/mol. The van der Waals surface area contributed by atoms with Gasteiger partial charge in [0.15, 0.2) is 0 Å². The molecule has 1 saturated heterocycles. The lowest BCUT2D eigenvalue weighted by Crippen LogP contribution is -2.49. The number of hydrogen-bond donors (Lipinski definition) is 1. The minimum absolute atomic E-state index is 0.389. The summed E-state index contributed by atoms with van der Waals surface area (Å²) in [6.45, 7) is 8.78. The Morgan fingerprint density at radius 1 is 1.29 bits per heavy atom. The van der Waals surface area contributed by atoms with Crippen molar-refractivity contribution in [2.24, 2.45) is 11.8 Å². The fourth-order valence-corrected chi connectivity index (χ4v) is 3.50. The molecule has 17 heavy (non-hydrogen) atoms. The first-order valence-electron chi connectivity index (χ1n) is 7.19. The first-order valence-corrected chi connectivity index (χ1v) is 7.19. The van der Waals surface area contributed by atoms with Gasteiger partial charge in [0.1, 0.15) is 0 Å². The highest BCUT2D eigenvalue weighted by Crippen LogP contribution is 2.31. The number of nitrogens with one attached hydrogen (secondary N) is 1. The van der Waals surface area contributed by atoms with Crippen molar-refractivity contribution in [1.82, 2.24) is 10.2 Å². The van der Waals surface area contributed by atoms with Crippen molar-refractivity contribution < 1.29 is 4.74 Å². The van der Waals surface area contributed by atoms with Crippen molar-refractivity contribution in [2.45, 2.75) is 45.3 Å². The van der Waals surface area contributed by atoms with E-state index in [1.165, 1.54) is 19.3 Å². The second-order valence-electron chi connectivity index (χ2n) is 6.10. The molecule has 4 atom stereocenters. The Labute approximate surface area is 106 Å². The summed E-state index contributed by atoms with van der Waals surface area (Å²) in [7, 11) is 2.27. The van der Waals surface area contributed by atoms with Crippen LogP contribution in [0.15, 0.2) is 0 Å². The predicted molar refractivity (Wildman–Crippen MR) is 71.2 cm³/mol. The van der Waals surface area contributed by atoms with E-state index in [0.29, 0.717) is 6.10 Å². The molecule has 1 heterocycles. The van der Waals surface area contributed by atoms with Gasteiger partial charge in [-0.15, -0.1) is 0 Å². The van der Waals surface area contributed by atoms with E-state index in [1.807, 2.05) is 0 Å². The molecule has 2 aliphatic rings. The van der Waals surface area contributed by atoms with Gasteiger partial charge < -0.3 is 15.0 Å². The van der Waals surface area contributed by atoms with E-state index in [1.54, 1.807) is 0 Å². The molecule has 0 bridgehead atoms. The summed E-state index contributed by atoms with van der Waals surface area (Å²) in [5, 5.41) is 3.41. The molecule has 0 spiro atoms. The molecule has 1 saturated carbocycles. The molecule has 4 unspecified atom stereocenters. The van der Waals surface area contributed by atoms with Gasteiger partial charge >= 0.3 is 0 Å². The largest absolute Gasteiger partial charge is 0.374 e. The maximum absolute atomic E-state index is 5.79. The maximum Gasteiger partial charge on any atom is 0.0826 e. The molecule has 1 N–H and O–H groups in total. The standard InChI is InChI=1S/C14H28N2O/c1-11-4-5-14(12(2)8-11)16(3)10-13-9-15-6-7-17-13/h11-15H,4-10H2,1-3H3. The number of likely N-dealkylation sites (N-methyl/N-ethyl adjacent to an activating group) is 1. The van der Waals surface area contributed by atoms with Crippen LogP contribution in [-0.4, -0.2) is 50.3 Å². The minimum Gasteiger partial charge on any atom is -0.374 e. The zero-order chi connectivity index (χ0) is 12.3. The average Bonchev–Trinajstić information content (AvgIpc) is 2.30. The van der Waals surface area contributed by atoms with E-state index in [4.69, 9.17) is 4.74 Å². The monoisotopic (exact) mass is 240 g/mol. The molecule has 3 heteroatoms. The third-order valence-corrected chi connectivity index (χ3v) is 4.45. The van der Waals surface area contributed by atoms with Crippen LogP contribution >= 0.6 is 0 Å². The Balaban J connectivity index is 1.80. The second-order valence-corrected chi connectivity index (χ2v) is 6.10. The molecule has 0 radical (unpaired) electrons. The summed E-state index contributed by atoms with van der Waals surface area (Å²) in [6.07, 6.45) is 4.53. The Bertz CT molecular complexity index is 228. The van der Waals surface area contributed by atoms with Crippen LogP contribution in [0.5, 0.6) is 0 Å². The SMILES string of the molecule is CC1CCC(N(C)CC2CNCCO2)C(C)C1. The van der Waals surface area contributed by atoms with Crippen LogP contribution in [0.2, 0.25) is 0 Å². The van der Waals surface area contributed by atoms with E-state index in [-0.39, 0.29) is 0 Å². The molecule has 0 aromatic carbocycles. The van der Waals surface area contributed by atoms with Crippen molar-refractivity contribution >= 4 is 0 Å². The molecule has 2 fully saturated rings. The summed E-state index contributed by atoms with van der Waals surface area (Å²) in [5.41, 5.74) is 0. The van der Waals surface area contributed by atoms with Gasteiger partial charge in [-0.25, -0.2) is 0 Å². The molecular formula is C14H28N2O. The lowest BCUT2D eigenvalue weighted by atomic mass is 9.79. The first kappa shape index (κ1) is 13.3. The zero-order valence-corrected chi connectivity index (χ0v) is 11.6. The highest BCUT2D eigenvalue weighted by molar-refractivity contribution is 4.84. The van der Waals surface area contributed by atoms with E-state index < -0.39 is 0 Å². The number of rotatable bonds is 3. The highest BCUT2D eigenvalue weighted by atomic mass is 16.5. The van der Waals surface area contributed by atoms with Gasteiger partial charge in [-0.1, -0.05) is 13.8 Å². The van der Waals surface area contributed by atoms with E-state index >= 15 is 0 Å². The Kier molecular flexibility index (Phi) is 4.83. The molecule has 100 valence electrons. The van der Waals surface area contributed by atoms with Crippen molar-refractivity contribution in [3.63, 3.8) is 0 Å². The first-order chi connectivity index (χ1) is 8.16. The molecule has 0 aromatic rings. The molecule has 1 aliphatic heterocycles. The van der Waals surface area contributed by atoms with Gasteiger partial charge in [0.25, 0.3) is 0 Å². The topological polar surface area (TPSA) is 24.5 Å². The highest BCUT2D eigenvalue weighted by Gasteiger charge is 2.29. The van der Waals surface area contributed by atoms with Crippen LogP contribution < -0.4 is 5.32 Å². The number of ether oxygens (including phenoxy) is 1. The van der Waals surface area contributed by atoms with Crippen molar-refractivity contribution in [3.05, 3.63) is 0 Å². The normalized spacial score (nSPS) is 39.5. The number of hydrogen-bond acceptors (Lipinski definition) is 3. The third kappa shape index (κ3) is 3.67. The molecule has 3 nitrogen and oxygen atoms in total. The summed E-state index contributed by atoms with van der Waals surface area (Å²) in [6, 6.07) is 0.761. The van der Waals surface area contributed by atoms with Crippen molar-refractivity contribution in [3.8, 4) is 0 Å². The van der Waals surface area contributed by atoms with E-state index in [9.17, 15) is 0 Å². The lowest BCUT2D eigenvalue weighted by molar-refractivity contribution is -0.00797.